The van der Waals surface area contributed by atoms with E-state index in [2.05, 4.69) is 10.6 Å². The minimum absolute atomic E-state index is 0.0245. The molecule has 9 heteroatoms. The number of ether oxygens (including phenoxy) is 1. The first-order chi connectivity index (χ1) is 17.5. The number of hydrogen-bond acceptors (Lipinski definition) is 5. The third kappa shape index (κ3) is 5.81. The molecule has 2 aromatic rings. The van der Waals surface area contributed by atoms with Crippen LogP contribution < -0.4 is 15.4 Å². The highest BCUT2D eigenvalue weighted by atomic mass is 19.1. The summed E-state index contributed by atoms with van der Waals surface area (Å²) in [5, 5.41) is 5.03. The zero-order chi connectivity index (χ0) is 26.9. The molecule has 4 amide bonds. The highest BCUT2D eigenvalue weighted by Gasteiger charge is 2.38. The molecule has 2 aliphatic heterocycles. The molecule has 2 aliphatic rings. The number of amides is 4. The normalized spacial score (nSPS) is 18.2. The Kier molecular flexibility index (Phi) is 7.34. The van der Waals surface area contributed by atoms with Crippen LogP contribution in [-0.2, 0) is 31.0 Å². The van der Waals surface area contributed by atoms with Crippen LogP contribution >= 0.6 is 0 Å². The smallest absolute Gasteiger partial charge is 0.251 e. The van der Waals surface area contributed by atoms with Crippen molar-refractivity contribution < 1.29 is 28.3 Å². The summed E-state index contributed by atoms with van der Waals surface area (Å²) in [7, 11) is 1.56. The summed E-state index contributed by atoms with van der Waals surface area (Å²) in [6.07, 6.45) is 0.648. The van der Waals surface area contributed by atoms with Gasteiger partial charge in [-0.05, 0) is 58.7 Å². The fourth-order valence-corrected chi connectivity index (χ4v) is 5.06. The van der Waals surface area contributed by atoms with E-state index in [1.807, 2.05) is 26.8 Å². The van der Waals surface area contributed by atoms with E-state index in [1.165, 1.54) is 11.0 Å². The minimum atomic E-state index is -0.958. The van der Waals surface area contributed by atoms with Crippen LogP contribution in [0, 0.1) is 11.7 Å². The molecule has 0 saturated carbocycles. The summed E-state index contributed by atoms with van der Waals surface area (Å²) >= 11 is 0. The van der Waals surface area contributed by atoms with Crippen LogP contribution in [0.3, 0.4) is 0 Å². The average Bonchev–Trinajstić information content (AvgIpc) is 2.81. The van der Waals surface area contributed by atoms with Crippen molar-refractivity contribution in [3.8, 4) is 5.75 Å². The van der Waals surface area contributed by atoms with E-state index in [-0.39, 0.29) is 37.4 Å². The van der Waals surface area contributed by atoms with Crippen molar-refractivity contribution in [1.82, 2.24) is 10.2 Å². The molecule has 196 valence electrons. The van der Waals surface area contributed by atoms with Crippen LogP contribution in [-0.4, -0.2) is 42.2 Å². The van der Waals surface area contributed by atoms with Gasteiger partial charge in [-0.1, -0.05) is 32.9 Å². The molecule has 8 nitrogen and oxygen atoms in total. The second-order valence-corrected chi connectivity index (χ2v) is 10.7. The summed E-state index contributed by atoms with van der Waals surface area (Å²) in [4.78, 5) is 52.1. The molecule has 37 heavy (non-hydrogen) atoms. The number of halogens is 1. The van der Waals surface area contributed by atoms with Gasteiger partial charge in [0.1, 0.15) is 17.6 Å². The number of nitrogens with zero attached hydrogens (tertiary/aromatic N) is 1. The predicted octanol–water partition coefficient (Wildman–Crippen LogP) is 3.64. The van der Waals surface area contributed by atoms with Gasteiger partial charge in [0.05, 0.1) is 7.11 Å². The molecule has 1 atom stereocenters. The standard InChI is InChI=1S/C28H32FN3O5/c1-28(2,3)21-8-5-18(15-22(21)29)30-27(36)26-20-7-6-19(37-4)14-17(20)9-10-32(26)25(35)13-16-11-23(33)31-24(34)12-16/h5-8,14-16,26H,9-13H2,1-4H3,(H,30,36)(H,31,33,34). The third-order valence-corrected chi connectivity index (χ3v) is 6.88. The van der Waals surface area contributed by atoms with E-state index < -0.39 is 40.9 Å². The second-order valence-electron chi connectivity index (χ2n) is 10.7. The summed E-state index contributed by atoms with van der Waals surface area (Å²) in [6, 6.07) is 8.97. The van der Waals surface area contributed by atoms with Crippen molar-refractivity contribution in [2.75, 3.05) is 19.0 Å². The number of hydrogen-bond donors (Lipinski definition) is 2. The highest BCUT2D eigenvalue weighted by Crippen LogP contribution is 2.35. The monoisotopic (exact) mass is 509 g/mol. The van der Waals surface area contributed by atoms with Crippen LogP contribution in [0.2, 0.25) is 0 Å². The summed E-state index contributed by atoms with van der Waals surface area (Å²) in [5.41, 5.74) is 1.96. The fourth-order valence-electron chi connectivity index (χ4n) is 5.06. The molecule has 1 fully saturated rings. The molecule has 0 aromatic heterocycles. The van der Waals surface area contributed by atoms with Gasteiger partial charge >= 0.3 is 0 Å². The average molecular weight is 510 g/mol. The Morgan fingerprint density at radius 1 is 1.11 bits per heavy atom. The number of nitrogens with one attached hydrogen (secondary N) is 2. The van der Waals surface area contributed by atoms with E-state index in [4.69, 9.17) is 4.74 Å². The Morgan fingerprint density at radius 2 is 1.81 bits per heavy atom. The molecule has 1 saturated heterocycles. The largest absolute Gasteiger partial charge is 0.497 e. The summed E-state index contributed by atoms with van der Waals surface area (Å²) in [6.45, 7) is 6.00. The number of benzene rings is 2. The van der Waals surface area contributed by atoms with Crippen LogP contribution in [0.1, 0.15) is 62.8 Å². The lowest BCUT2D eigenvalue weighted by atomic mass is 9.86. The second kappa shape index (κ2) is 10.3. The van der Waals surface area contributed by atoms with Crippen LogP contribution in [0.25, 0.3) is 0 Å². The first-order valence-corrected chi connectivity index (χ1v) is 12.4. The van der Waals surface area contributed by atoms with Gasteiger partial charge in [-0.25, -0.2) is 4.39 Å². The quantitative estimate of drug-likeness (QED) is 0.599. The van der Waals surface area contributed by atoms with E-state index in [1.54, 1.807) is 31.4 Å². The van der Waals surface area contributed by atoms with Crippen molar-refractivity contribution in [2.24, 2.45) is 5.92 Å². The Balaban J connectivity index is 1.62. The lowest BCUT2D eigenvalue weighted by molar-refractivity contribution is -0.142. The highest BCUT2D eigenvalue weighted by molar-refractivity contribution is 6.00. The van der Waals surface area contributed by atoms with Gasteiger partial charge in [0.15, 0.2) is 0 Å². The molecule has 0 radical (unpaired) electrons. The SMILES string of the molecule is COc1ccc2c(c1)CCN(C(=O)CC1CC(=O)NC(=O)C1)C2C(=O)Nc1ccc(C(C)(C)C)c(F)c1. The summed E-state index contributed by atoms with van der Waals surface area (Å²) in [5.74, 6) is -1.80. The molecule has 0 aliphatic carbocycles. The molecule has 2 aromatic carbocycles. The maximum absolute atomic E-state index is 14.8. The number of carbonyl (C=O) groups excluding carboxylic acids is 4. The van der Waals surface area contributed by atoms with E-state index in [0.717, 1.165) is 5.56 Å². The number of imide groups is 1. The van der Waals surface area contributed by atoms with Crippen molar-refractivity contribution >= 4 is 29.3 Å². The minimum Gasteiger partial charge on any atom is -0.497 e. The first kappa shape index (κ1) is 26.3. The number of fused-ring (bicyclic) bond motifs is 1. The Labute approximate surface area is 215 Å². The molecule has 1 unspecified atom stereocenters. The van der Waals surface area contributed by atoms with Gasteiger partial charge in [-0.2, -0.15) is 0 Å². The molecule has 0 spiro atoms. The maximum atomic E-state index is 14.8. The topological polar surface area (TPSA) is 105 Å². The van der Waals surface area contributed by atoms with Crippen molar-refractivity contribution in [3.05, 3.63) is 58.9 Å². The Morgan fingerprint density at radius 3 is 2.43 bits per heavy atom. The van der Waals surface area contributed by atoms with Gasteiger partial charge in [-0.3, -0.25) is 24.5 Å². The molecular formula is C28H32FN3O5. The van der Waals surface area contributed by atoms with Gasteiger partial charge in [0, 0.05) is 31.5 Å². The molecule has 4 rings (SSSR count). The number of anilines is 1. The van der Waals surface area contributed by atoms with Gasteiger partial charge in [-0.15, -0.1) is 0 Å². The first-order valence-electron chi connectivity index (χ1n) is 12.4. The number of methoxy groups -OCH3 is 1. The number of piperidine rings is 1. The van der Waals surface area contributed by atoms with Gasteiger partial charge < -0.3 is 15.0 Å². The fraction of sp³-hybridized carbons (Fsp3) is 0.429. The Hall–Kier alpha value is -3.75. The molecule has 0 bridgehead atoms. The van der Waals surface area contributed by atoms with Crippen LogP contribution in [0.15, 0.2) is 36.4 Å². The van der Waals surface area contributed by atoms with Gasteiger partial charge in [0.2, 0.25) is 17.7 Å². The van der Waals surface area contributed by atoms with Crippen LogP contribution in [0.4, 0.5) is 10.1 Å². The maximum Gasteiger partial charge on any atom is 0.251 e. The van der Waals surface area contributed by atoms with E-state index in [0.29, 0.717) is 23.3 Å². The van der Waals surface area contributed by atoms with Crippen molar-refractivity contribution in [1.29, 1.82) is 0 Å². The zero-order valence-electron chi connectivity index (χ0n) is 21.5. The third-order valence-electron chi connectivity index (χ3n) is 6.88. The number of carbonyl (C=O) groups is 4. The van der Waals surface area contributed by atoms with Crippen molar-refractivity contribution in [3.63, 3.8) is 0 Å². The zero-order valence-corrected chi connectivity index (χ0v) is 21.5. The van der Waals surface area contributed by atoms with Crippen molar-refractivity contribution in [2.45, 2.75) is 57.9 Å². The van der Waals surface area contributed by atoms with Crippen LogP contribution in [0.5, 0.6) is 5.75 Å². The molecule has 2 heterocycles. The lowest BCUT2D eigenvalue weighted by Crippen LogP contribution is -2.47. The van der Waals surface area contributed by atoms with Gasteiger partial charge in [0.25, 0.3) is 5.91 Å². The number of rotatable bonds is 5. The summed E-state index contributed by atoms with van der Waals surface area (Å²) < 4.78 is 20.1. The van der Waals surface area contributed by atoms with E-state index in [9.17, 15) is 23.6 Å². The predicted molar refractivity (Wildman–Crippen MR) is 135 cm³/mol. The molecular weight excluding hydrogens is 477 g/mol. The lowest BCUT2D eigenvalue weighted by Gasteiger charge is -2.37. The van der Waals surface area contributed by atoms with E-state index >= 15 is 0 Å². The Bertz CT molecular complexity index is 1240. The molecule has 2 N–H and O–H groups in total.